The molecule has 1 N–H and O–H groups in total. The smallest absolute Gasteiger partial charge is 0.0377 e. The monoisotopic (exact) mass is 247 g/mol. The summed E-state index contributed by atoms with van der Waals surface area (Å²) in [7, 11) is 0. The van der Waals surface area contributed by atoms with Gasteiger partial charge in [0.2, 0.25) is 0 Å². The van der Waals surface area contributed by atoms with Crippen molar-refractivity contribution in [2.24, 2.45) is 5.92 Å². The van der Waals surface area contributed by atoms with Gasteiger partial charge in [0.25, 0.3) is 0 Å². The van der Waals surface area contributed by atoms with E-state index in [1.54, 1.807) is 0 Å². The van der Waals surface area contributed by atoms with Gasteiger partial charge in [-0.3, -0.25) is 0 Å². The largest absolute Gasteiger partial charge is 0.317 e. The molecule has 2 unspecified atom stereocenters. The Morgan fingerprint density at radius 3 is 2.82 bits per heavy atom. The zero-order valence-corrected chi connectivity index (χ0v) is 11.7. The molecule has 2 aromatic rings. The van der Waals surface area contributed by atoms with Gasteiger partial charge in [0.05, 0.1) is 0 Å². The highest BCUT2D eigenvalue weighted by atomic mass is 32.1. The molecular formula is C15H21NS. The Kier molecular flexibility index (Phi) is 4.19. The van der Waals surface area contributed by atoms with Crippen molar-refractivity contribution in [1.82, 2.24) is 5.32 Å². The summed E-state index contributed by atoms with van der Waals surface area (Å²) in [4.78, 5) is 0. The maximum Gasteiger partial charge on any atom is 0.0377 e. The van der Waals surface area contributed by atoms with Crippen LogP contribution in [0.4, 0.5) is 0 Å². The van der Waals surface area contributed by atoms with Crippen LogP contribution < -0.4 is 5.32 Å². The Labute approximate surface area is 108 Å². The molecule has 1 aromatic carbocycles. The molecule has 0 spiro atoms. The molecule has 2 rings (SSSR count). The van der Waals surface area contributed by atoms with E-state index in [0.717, 1.165) is 13.1 Å². The lowest BCUT2D eigenvalue weighted by Crippen LogP contribution is -2.24. The van der Waals surface area contributed by atoms with E-state index in [9.17, 15) is 0 Å². The van der Waals surface area contributed by atoms with Gasteiger partial charge in [-0.2, -0.15) is 0 Å². The summed E-state index contributed by atoms with van der Waals surface area (Å²) < 4.78 is 1.46. The number of rotatable bonds is 5. The van der Waals surface area contributed by atoms with Gasteiger partial charge in [-0.1, -0.05) is 39.0 Å². The molecule has 2 atom stereocenters. The first-order valence-electron chi connectivity index (χ1n) is 6.41. The van der Waals surface area contributed by atoms with Crippen molar-refractivity contribution in [3.05, 3.63) is 35.2 Å². The number of nitrogens with one attached hydrogen (secondary N) is 1. The molecule has 0 saturated heterocycles. The van der Waals surface area contributed by atoms with E-state index in [1.165, 1.54) is 15.6 Å². The Morgan fingerprint density at radius 2 is 2.06 bits per heavy atom. The van der Waals surface area contributed by atoms with Crippen LogP contribution in [0, 0.1) is 5.92 Å². The van der Waals surface area contributed by atoms with Crippen LogP contribution in [0.1, 0.15) is 32.3 Å². The lowest BCUT2D eigenvalue weighted by Gasteiger charge is -2.21. The van der Waals surface area contributed by atoms with Gasteiger partial charge in [0.1, 0.15) is 0 Å². The lowest BCUT2D eigenvalue weighted by atomic mass is 9.88. The van der Waals surface area contributed by atoms with E-state index in [0.29, 0.717) is 11.8 Å². The summed E-state index contributed by atoms with van der Waals surface area (Å²) in [6, 6.07) is 8.88. The highest BCUT2D eigenvalue weighted by Crippen LogP contribution is 2.33. The second-order valence-corrected chi connectivity index (χ2v) is 5.68. The van der Waals surface area contributed by atoms with Crippen LogP contribution in [0.25, 0.3) is 10.1 Å². The van der Waals surface area contributed by atoms with Crippen molar-refractivity contribution >= 4 is 21.4 Å². The molecule has 0 aliphatic rings. The molecule has 0 aliphatic carbocycles. The summed E-state index contributed by atoms with van der Waals surface area (Å²) in [5, 5.41) is 7.02. The van der Waals surface area contributed by atoms with Crippen LogP contribution >= 0.6 is 11.3 Å². The van der Waals surface area contributed by atoms with Crippen molar-refractivity contribution in [2.45, 2.75) is 26.7 Å². The maximum atomic E-state index is 3.44. The van der Waals surface area contributed by atoms with Crippen LogP contribution in [0.5, 0.6) is 0 Å². The number of hydrogen-bond acceptors (Lipinski definition) is 2. The van der Waals surface area contributed by atoms with Gasteiger partial charge in [0.15, 0.2) is 0 Å². The summed E-state index contributed by atoms with van der Waals surface area (Å²) in [6.45, 7) is 8.99. The predicted octanol–water partition coefficient (Wildman–Crippen LogP) is 4.25. The standard InChI is InChI=1S/C15H21NS/c1-4-16-10-11(2)12(3)14-7-5-6-13-8-9-17-15(13)14/h5-9,11-12,16H,4,10H2,1-3H3. The van der Waals surface area contributed by atoms with E-state index < -0.39 is 0 Å². The van der Waals surface area contributed by atoms with Gasteiger partial charge < -0.3 is 5.32 Å². The fourth-order valence-corrected chi connectivity index (χ4v) is 3.24. The molecule has 0 amide bonds. The van der Waals surface area contributed by atoms with E-state index in [-0.39, 0.29) is 0 Å². The summed E-state index contributed by atoms with van der Waals surface area (Å²) in [5.74, 6) is 1.28. The first-order chi connectivity index (χ1) is 8.24. The van der Waals surface area contributed by atoms with Crippen molar-refractivity contribution in [1.29, 1.82) is 0 Å². The fourth-order valence-electron chi connectivity index (χ4n) is 2.23. The van der Waals surface area contributed by atoms with Crippen LogP contribution in [0.3, 0.4) is 0 Å². The zero-order valence-electron chi connectivity index (χ0n) is 10.9. The first-order valence-corrected chi connectivity index (χ1v) is 7.28. The van der Waals surface area contributed by atoms with Crippen LogP contribution in [0.15, 0.2) is 29.6 Å². The van der Waals surface area contributed by atoms with E-state index in [1.807, 2.05) is 11.3 Å². The highest BCUT2D eigenvalue weighted by Gasteiger charge is 2.16. The van der Waals surface area contributed by atoms with Crippen LogP contribution in [-0.2, 0) is 0 Å². The molecular weight excluding hydrogens is 226 g/mol. The molecule has 1 aromatic heterocycles. The number of fused-ring (bicyclic) bond motifs is 1. The van der Waals surface area contributed by atoms with Crippen molar-refractivity contribution in [3.8, 4) is 0 Å². The van der Waals surface area contributed by atoms with E-state index in [2.05, 4.69) is 55.7 Å². The quantitative estimate of drug-likeness (QED) is 0.833. The van der Waals surface area contributed by atoms with Gasteiger partial charge >= 0.3 is 0 Å². The molecule has 92 valence electrons. The molecule has 2 heteroatoms. The molecule has 17 heavy (non-hydrogen) atoms. The molecule has 0 saturated carbocycles. The van der Waals surface area contributed by atoms with Crippen molar-refractivity contribution in [2.75, 3.05) is 13.1 Å². The molecule has 1 heterocycles. The van der Waals surface area contributed by atoms with Crippen LogP contribution in [-0.4, -0.2) is 13.1 Å². The van der Waals surface area contributed by atoms with Gasteiger partial charge in [-0.05, 0) is 47.3 Å². The van der Waals surface area contributed by atoms with E-state index in [4.69, 9.17) is 0 Å². The third kappa shape index (κ3) is 2.70. The molecule has 0 bridgehead atoms. The Balaban J connectivity index is 2.23. The van der Waals surface area contributed by atoms with Gasteiger partial charge in [-0.25, -0.2) is 0 Å². The molecule has 0 aliphatic heterocycles. The average Bonchev–Trinajstić information content (AvgIpc) is 2.82. The third-order valence-electron chi connectivity index (χ3n) is 3.57. The first kappa shape index (κ1) is 12.6. The normalized spacial score (nSPS) is 15.0. The second-order valence-electron chi connectivity index (χ2n) is 4.76. The third-order valence-corrected chi connectivity index (χ3v) is 4.55. The lowest BCUT2D eigenvalue weighted by molar-refractivity contribution is 0.456. The molecule has 0 fully saturated rings. The minimum absolute atomic E-state index is 0.608. The van der Waals surface area contributed by atoms with Gasteiger partial charge in [0, 0.05) is 4.70 Å². The van der Waals surface area contributed by atoms with Crippen molar-refractivity contribution < 1.29 is 0 Å². The minimum atomic E-state index is 0.608. The van der Waals surface area contributed by atoms with Gasteiger partial charge in [-0.15, -0.1) is 11.3 Å². The van der Waals surface area contributed by atoms with Crippen molar-refractivity contribution in [3.63, 3.8) is 0 Å². The number of hydrogen-bond donors (Lipinski definition) is 1. The second kappa shape index (κ2) is 5.65. The SMILES string of the molecule is CCNCC(C)C(C)c1cccc2ccsc12. The predicted molar refractivity (Wildman–Crippen MR) is 77.9 cm³/mol. The maximum absolute atomic E-state index is 3.44. The van der Waals surface area contributed by atoms with Crippen LogP contribution in [0.2, 0.25) is 0 Å². The summed E-state index contributed by atoms with van der Waals surface area (Å²) in [6.07, 6.45) is 0. The fraction of sp³-hybridized carbons (Fsp3) is 0.467. The Hall–Kier alpha value is -0.860. The minimum Gasteiger partial charge on any atom is -0.317 e. The summed E-state index contributed by atoms with van der Waals surface area (Å²) >= 11 is 1.86. The molecule has 0 radical (unpaired) electrons. The summed E-state index contributed by atoms with van der Waals surface area (Å²) in [5.41, 5.74) is 1.50. The van der Waals surface area contributed by atoms with E-state index >= 15 is 0 Å². The Morgan fingerprint density at radius 1 is 1.24 bits per heavy atom. The Bertz CT molecular complexity index is 474. The topological polar surface area (TPSA) is 12.0 Å². The number of benzene rings is 1. The zero-order chi connectivity index (χ0) is 12.3. The molecule has 1 nitrogen and oxygen atoms in total. The highest BCUT2D eigenvalue weighted by molar-refractivity contribution is 7.17. The average molecular weight is 247 g/mol. The number of thiophene rings is 1.